The monoisotopic (exact) mass is 386 g/mol. The van der Waals surface area contributed by atoms with Gasteiger partial charge in [-0.1, -0.05) is 30.5 Å². The van der Waals surface area contributed by atoms with Crippen LogP contribution in [0.2, 0.25) is 0 Å². The van der Waals surface area contributed by atoms with E-state index < -0.39 is 0 Å². The van der Waals surface area contributed by atoms with E-state index >= 15 is 0 Å². The number of allylic oxidation sites excluding steroid dienone is 6. The minimum atomic E-state index is -0.237. The van der Waals surface area contributed by atoms with E-state index in [4.69, 9.17) is 17.3 Å². The van der Waals surface area contributed by atoms with Gasteiger partial charge in [0, 0.05) is 47.3 Å². The number of nitrogens with two attached hydrogens (primary N) is 1. The molecule has 1 saturated carbocycles. The van der Waals surface area contributed by atoms with Crippen LogP contribution < -0.4 is 11.1 Å². The van der Waals surface area contributed by atoms with Gasteiger partial charge >= 0.3 is 0 Å². The highest BCUT2D eigenvalue weighted by molar-refractivity contribution is 6.33. The number of halogens is 2. The summed E-state index contributed by atoms with van der Waals surface area (Å²) in [7, 11) is 0. The summed E-state index contributed by atoms with van der Waals surface area (Å²) < 4.78 is 15.8. The molecule has 0 saturated heterocycles. The minimum absolute atomic E-state index is 0.237. The number of hydrogen-bond donors (Lipinski definition) is 2. The average Bonchev–Trinajstić information content (AvgIpc) is 3.32. The van der Waals surface area contributed by atoms with Crippen molar-refractivity contribution < 1.29 is 4.39 Å². The van der Waals surface area contributed by atoms with Crippen LogP contribution >= 0.6 is 11.6 Å². The van der Waals surface area contributed by atoms with Crippen molar-refractivity contribution in [2.75, 3.05) is 5.32 Å². The number of rotatable bonds is 4. The minimum Gasteiger partial charge on any atom is -0.379 e. The van der Waals surface area contributed by atoms with Gasteiger partial charge in [-0.2, -0.15) is 0 Å². The second kappa shape index (κ2) is 7.87. The third-order valence-corrected chi connectivity index (χ3v) is 5.78. The molecule has 0 bridgehead atoms. The highest BCUT2D eigenvalue weighted by Gasteiger charge is 2.22. The van der Waals surface area contributed by atoms with Crippen molar-refractivity contribution in [3.05, 3.63) is 58.8 Å². The SMILES string of the molecule is NCc1c(C2=C(\Cl)CCC=C(F)/C=C\2)cn2ccnc2c1NC1CCCC1. The van der Waals surface area contributed by atoms with Crippen LogP contribution in [-0.4, -0.2) is 15.4 Å². The Labute approximate surface area is 163 Å². The number of nitrogens with one attached hydrogen (secondary N) is 1. The first kappa shape index (κ1) is 18.3. The van der Waals surface area contributed by atoms with Crippen LogP contribution in [0.3, 0.4) is 0 Å². The molecule has 2 aromatic rings. The van der Waals surface area contributed by atoms with E-state index in [1.165, 1.54) is 18.9 Å². The average molecular weight is 387 g/mol. The Bertz CT molecular complexity index is 935. The molecule has 142 valence electrons. The van der Waals surface area contributed by atoms with Crippen LogP contribution in [0.15, 0.2) is 47.7 Å². The predicted octanol–water partition coefficient (Wildman–Crippen LogP) is 5.30. The van der Waals surface area contributed by atoms with Gasteiger partial charge in [0.15, 0.2) is 5.65 Å². The maximum atomic E-state index is 13.8. The molecule has 2 aliphatic carbocycles. The number of fused-ring (bicyclic) bond motifs is 1. The van der Waals surface area contributed by atoms with Crippen molar-refractivity contribution in [2.45, 2.75) is 51.1 Å². The first-order valence-corrected chi connectivity index (χ1v) is 9.93. The summed E-state index contributed by atoms with van der Waals surface area (Å²) >= 11 is 6.61. The lowest BCUT2D eigenvalue weighted by Gasteiger charge is -2.21. The molecule has 27 heavy (non-hydrogen) atoms. The van der Waals surface area contributed by atoms with Gasteiger partial charge in [0.25, 0.3) is 0 Å². The van der Waals surface area contributed by atoms with Gasteiger partial charge in [0.05, 0.1) is 5.69 Å². The van der Waals surface area contributed by atoms with Gasteiger partial charge in [-0.25, -0.2) is 9.37 Å². The van der Waals surface area contributed by atoms with Crippen molar-refractivity contribution in [2.24, 2.45) is 5.73 Å². The van der Waals surface area contributed by atoms with Crippen LogP contribution in [0.4, 0.5) is 10.1 Å². The van der Waals surface area contributed by atoms with Crippen LogP contribution in [0.1, 0.15) is 49.7 Å². The topological polar surface area (TPSA) is 55.4 Å². The molecule has 0 amide bonds. The Balaban J connectivity index is 1.88. The summed E-state index contributed by atoms with van der Waals surface area (Å²) in [6, 6.07) is 0.434. The zero-order chi connectivity index (χ0) is 18.8. The number of hydrogen-bond acceptors (Lipinski definition) is 3. The first-order chi connectivity index (χ1) is 13.2. The van der Waals surface area contributed by atoms with E-state index in [2.05, 4.69) is 10.3 Å². The van der Waals surface area contributed by atoms with E-state index in [1.807, 2.05) is 16.8 Å². The summed E-state index contributed by atoms with van der Waals surface area (Å²) in [6.45, 7) is 0.355. The van der Waals surface area contributed by atoms with Crippen molar-refractivity contribution >= 4 is 28.5 Å². The van der Waals surface area contributed by atoms with E-state index in [-0.39, 0.29) is 5.83 Å². The van der Waals surface area contributed by atoms with E-state index in [0.717, 1.165) is 45.9 Å². The number of nitrogens with zero attached hydrogens (tertiary/aromatic N) is 2. The third kappa shape index (κ3) is 3.66. The van der Waals surface area contributed by atoms with Crippen molar-refractivity contribution in [1.82, 2.24) is 9.38 Å². The molecule has 0 aromatic carbocycles. The molecule has 1 fully saturated rings. The van der Waals surface area contributed by atoms with Crippen LogP contribution in [-0.2, 0) is 6.54 Å². The Morgan fingerprint density at radius 3 is 2.89 bits per heavy atom. The third-order valence-electron chi connectivity index (χ3n) is 5.39. The van der Waals surface area contributed by atoms with Gasteiger partial charge in [0.2, 0.25) is 0 Å². The van der Waals surface area contributed by atoms with E-state index in [0.29, 0.717) is 25.4 Å². The maximum Gasteiger partial charge on any atom is 0.160 e. The molecule has 6 heteroatoms. The van der Waals surface area contributed by atoms with Crippen LogP contribution in [0.25, 0.3) is 11.2 Å². The van der Waals surface area contributed by atoms with E-state index in [9.17, 15) is 4.39 Å². The Morgan fingerprint density at radius 2 is 2.11 bits per heavy atom. The van der Waals surface area contributed by atoms with E-state index in [1.54, 1.807) is 18.3 Å². The zero-order valence-electron chi connectivity index (χ0n) is 15.2. The fourth-order valence-corrected chi connectivity index (χ4v) is 4.27. The molecular weight excluding hydrogens is 363 g/mol. The van der Waals surface area contributed by atoms with Gasteiger partial charge in [-0.3, -0.25) is 0 Å². The molecule has 0 atom stereocenters. The molecule has 2 aromatic heterocycles. The van der Waals surface area contributed by atoms with Crippen molar-refractivity contribution in [1.29, 1.82) is 0 Å². The summed E-state index contributed by atoms with van der Waals surface area (Å²) in [6.07, 6.45) is 16.5. The van der Waals surface area contributed by atoms with Crippen molar-refractivity contribution in [3.63, 3.8) is 0 Å². The molecule has 0 aliphatic heterocycles. The molecule has 4 rings (SSSR count). The molecule has 0 radical (unpaired) electrons. The van der Waals surface area contributed by atoms with Crippen LogP contribution in [0, 0.1) is 0 Å². The second-order valence-electron chi connectivity index (χ2n) is 7.16. The molecule has 4 nitrogen and oxygen atoms in total. The summed E-state index contributed by atoms with van der Waals surface area (Å²) in [5, 5.41) is 4.40. The quantitative estimate of drug-likeness (QED) is 0.749. The van der Waals surface area contributed by atoms with Gasteiger partial charge in [-0.05, 0) is 43.4 Å². The highest BCUT2D eigenvalue weighted by Crippen LogP contribution is 2.36. The fraction of sp³-hybridized carbons (Fsp3) is 0.381. The summed E-state index contributed by atoms with van der Waals surface area (Å²) in [5.74, 6) is -0.237. The summed E-state index contributed by atoms with van der Waals surface area (Å²) in [4.78, 5) is 4.53. The Kier molecular flexibility index (Phi) is 5.32. The predicted molar refractivity (Wildman–Crippen MR) is 109 cm³/mol. The molecule has 0 unspecified atom stereocenters. The largest absolute Gasteiger partial charge is 0.379 e. The molecule has 2 aliphatic rings. The fourth-order valence-electron chi connectivity index (χ4n) is 4.00. The zero-order valence-corrected chi connectivity index (χ0v) is 16.0. The number of aromatic nitrogens is 2. The summed E-state index contributed by atoms with van der Waals surface area (Å²) in [5.41, 5.74) is 10.7. The lowest BCUT2D eigenvalue weighted by molar-refractivity contribution is 0.659. The normalized spacial score (nSPS) is 22.6. The van der Waals surface area contributed by atoms with Crippen molar-refractivity contribution in [3.8, 4) is 0 Å². The standard InChI is InChI=1S/C21H24ClFN4/c22-19-7-3-4-14(23)8-9-16(19)18-13-27-11-10-25-21(27)20(17(18)12-24)26-15-5-1-2-6-15/h4,8-11,13,15,26H,1-3,5-7,12,24H2/b9-8-,14-4?,19-16-. The number of imidazole rings is 1. The Hall–Kier alpha value is -2.11. The van der Waals surface area contributed by atoms with Gasteiger partial charge in [0.1, 0.15) is 5.83 Å². The molecule has 0 spiro atoms. The Morgan fingerprint density at radius 1 is 1.30 bits per heavy atom. The van der Waals surface area contributed by atoms with Crippen LogP contribution in [0.5, 0.6) is 0 Å². The lowest BCUT2D eigenvalue weighted by Crippen LogP contribution is -2.19. The number of anilines is 1. The maximum absolute atomic E-state index is 13.8. The first-order valence-electron chi connectivity index (χ1n) is 9.55. The number of pyridine rings is 1. The second-order valence-corrected chi connectivity index (χ2v) is 7.62. The van der Waals surface area contributed by atoms with Gasteiger partial charge in [-0.15, -0.1) is 0 Å². The molecular formula is C21H24ClFN4. The molecule has 3 N–H and O–H groups in total. The lowest BCUT2D eigenvalue weighted by atomic mass is 9.96. The smallest absolute Gasteiger partial charge is 0.160 e. The molecule has 2 heterocycles. The van der Waals surface area contributed by atoms with Gasteiger partial charge < -0.3 is 15.5 Å². The highest BCUT2D eigenvalue weighted by atomic mass is 35.5.